The number of pyridine rings is 2. The Hall–Kier alpha value is -2.80. The van der Waals surface area contributed by atoms with Crippen LogP contribution in [-0.4, -0.2) is 30.5 Å². The van der Waals surface area contributed by atoms with Crippen molar-refractivity contribution in [3.63, 3.8) is 0 Å². The number of nitrogens with one attached hydrogen (secondary N) is 1. The van der Waals surface area contributed by atoms with Crippen molar-refractivity contribution in [3.8, 4) is 0 Å². The molecule has 3 aromatic rings. The zero-order valence-corrected chi connectivity index (χ0v) is 14.7. The normalized spacial score (nSPS) is 11.4. The van der Waals surface area contributed by atoms with Gasteiger partial charge in [0.05, 0.1) is 10.4 Å². The first kappa shape index (κ1) is 17.0. The summed E-state index contributed by atoms with van der Waals surface area (Å²) >= 11 is 0. The van der Waals surface area contributed by atoms with Crippen LogP contribution in [0.1, 0.15) is 21.5 Å². The van der Waals surface area contributed by atoms with Gasteiger partial charge in [-0.05, 0) is 48.4 Å². The molecule has 1 amide bonds. The second-order valence-electron chi connectivity index (χ2n) is 5.87. The molecule has 0 saturated carbocycles. The summed E-state index contributed by atoms with van der Waals surface area (Å²) in [5, 5.41) is 3.52. The van der Waals surface area contributed by atoms with E-state index in [1.54, 1.807) is 36.8 Å². The van der Waals surface area contributed by atoms with Crippen LogP contribution >= 0.6 is 0 Å². The molecule has 1 N–H and O–H groups in total. The predicted octanol–water partition coefficient (Wildman–Crippen LogP) is 2.27. The van der Waals surface area contributed by atoms with E-state index < -0.39 is 9.84 Å². The Morgan fingerprint density at radius 3 is 2.56 bits per heavy atom. The minimum absolute atomic E-state index is 0.165. The third-order valence-electron chi connectivity index (χ3n) is 3.74. The first-order chi connectivity index (χ1) is 11.8. The van der Waals surface area contributed by atoms with Crippen molar-refractivity contribution in [2.45, 2.75) is 18.4 Å². The zero-order valence-electron chi connectivity index (χ0n) is 13.9. The molecule has 7 heteroatoms. The molecular weight excluding hydrogens is 338 g/mol. The van der Waals surface area contributed by atoms with E-state index >= 15 is 0 Å². The van der Waals surface area contributed by atoms with Gasteiger partial charge >= 0.3 is 0 Å². The van der Waals surface area contributed by atoms with Crippen LogP contribution in [0.4, 0.5) is 0 Å². The quantitative estimate of drug-likeness (QED) is 0.775. The maximum absolute atomic E-state index is 12.1. The summed E-state index contributed by atoms with van der Waals surface area (Å²) in [6, 6.07) is 8.52. The Balaban J connectivity index is 1.95. The molecule has 0 unspecified atom stereocenters. The van der Waals surface area contributed by atoms with E-state index in [4.69, 9.17) is 0 Å². The molecular formula is C18H17N3O3S. The number of hydrogen-bond donors (Lipinski definition) is 1. The van der Waals surface area contributed by atoms with E-state index in [1.807, 2.05) is 19.1 Å². The van der Waals surface area contributed by atoms with Crippen LogP contribution in [-0.2, 0) is 16.4 Å². The molecule has 0 aliphatic heterocycles. The maximum atomic E-state index is 12.1. The zero-order chi connectivity index (χ0) is 18.0. The minimum Gasteiger partial charge on any atom is -0.348 e. The monoisotopic (exact) mass is 355 g/mol. The van der Waals surface area contributed by atoms with E-state index in [-0.39, 0.29) is 17.3 Å². The van der Waals surface area contributed by atoms with Gasteiger partial charge in [-0.15, -0.1) is 0 Å². The van der Waals surface area contributed by atoms with Crippen LogP contribution < -0.4 is 5.32 Å². The third kappa shape index (κ3) is 3.83. The number of hydrogen-bond acceptors (Lipinski definition) is 5. The Bertz CT molecular complexity index is 1050. The second kappa shape index (κ2) is 6.60. The molecule has 0 spiro atoms. The van der Waals surface area contributed by atoms with Crippen LogP contribution in [0.5, 0.6) is 0 Å². The van der Waals surface area contributed by atoms with Crippen LogP contribution in [0, 0.1) is 6.92 Å². The van der Waals surface area contributed by atoms with E-state index in [9.17, 15) is 13.2 Å². The van der Waals surface area contributed by atoms with Crippen LogP contribution in [0.3, 0.4) is 0 Å². The average Bonchev–Trinajstić information content (AvgIpc) is 2.58. The van der Waals surface area contributed by atoms with Gasteiger partial charge in [-0.25, -0.2) is 8.42 Å². The SMILES string of the molecule is Cc1cnc2c(S(C)(=O)=O)cc(CNC(=O)c3ccncc3)cc2c1. The average molecular weight is 355 g/mol. The van der Waals surface area contributed by atoms with Crippen molar-refractivity contribution in [1.82, 2.24) is 15.3 Å². The molecule has 2 aromatic heterocycles. The molecule has 0 radical (unpaired) electrons. The van der Waals surface area contributed by atoms with Crippen LogP contribution in [0.25, 0.3) is 10.9 Å². The summed E-state index contributed by atoms with van der Waals surface area (Å²) in [5.74, 6) is -0.245. The highest BCUT2D eigenvalue weighted by Crippen LogP contribution is 2.24. The largest absolute Gasteiger partial charge is 0.348 e. The van der Waals surface area contributed by atoms with Crippen LogP contribution in [0.2, 0.25) is 0 Å². The van der Waals surface area contributed by atoms with Gasteiger partial charge in [0, 0.05) is 42.3 Å². The van der Waals surface area contributed by atoms with Gasteiger partial charge in [0.25, 0.3) is 5.91 Å². The lowest BCUT2D eigenvalue weighted by Crippen LogP contribution is -2.22. The lowest BCUT2D eigenvalue weighted by atomic mass is 10.1. The van der Waals surface area contributed by atoms with Crippen molar-refractivity contribution in [1.29, 1.82) is 0 Å². The summed E-state index contributed by atoms with van der Waals surface area (Å²) in [6.45, 7) is 2.11. The molecule has 0 saturated heterocycles. The Labute approximate surface area is 145 Å². The number of aromatic nitrogens is 2. The standard InChI is InChI=1S/C18H17N3O3S/c1-12-7-15-8-13(9-16(25(2,23)24)17(15)20-10-12)11-21-18(22)14-3-5-19-6-4-14/h3-10H,11H2,1-2H3,(H,21,22). The number of sulfone groups is 1. The molecule has 25 heavy (non-hydrogen) atoms. The lowest BCUT2D eigenvalue weighted by molar-refractivity contribution is 0.0951. The molecule has 0 fully saturated rings. The van der Waals surface area contributed by atoms with Crippen molar-refractivity contribution in [3.05, 3.63) is 65.6 Å². The highest BCUT2D eigenvalue weighted by Gasteiger charge is 2.15. The van der Waals surface area contributed by atoms with E-state index in [0.29, 0.717) is 16.6 Å². The molecule has 2 heterocycles. The molecule has 1 aromatic carbocycles. The number of nitrogens with zero attached hydrogens (tertiary/aromatic N) is 2. The first-order valence-corrected chi connectivity index (χ1v) is 9.51. The summed E-state index contributed by atoms with van der Waals surface area (Å²) in [5.41, 5.74) is 2.57. The molecule has 0 bridgehead atoms. The minimum atomic E-state index is -3.44. The Morgan fingerprint density at radius 2 is 1.88 bits per heavy atom. The molecule has 0 atom stereocenters. The van der Waals surface area contributed by atoms with Gasteiger partial charge in [0.1, 0.15) is 0 Å². The number of amides is 1. The van der Waals surface area contributed by atoms with Crippen molar-refractivity contribution in [2.24, 2.45) is 0 Å². The van der Waals surface area contributed by atoms with Gasteiger partial charge < -0.3 is 5.32 Å². The fraction of sp³-hybridized carbons (Fsp3) is 0.167. The smallest absolute Gasteiger partial charge is 0.251 e. The number of carbonyl (C=O) groups is 1. The highest BCUT2D eigenvalue weighted by atomic mass is 32.2. The molecule has 0 aliphatic carbocycles. The van der Waals surface area contributed by atoms with Crippen molar-refractivity contribution >= 4 is 26.6 Å². The number of fused-ring (bicyclic) bond motifs is 1. The summed E-state index contributed by atoms with van der Waals surface area (Å²) in [4.78, 5) is 20.4. The topological polar surface area (TPSA) is 89.0 Å². The summed E-state index contributed by atoms with van der Waals surface area (Å²) in [6.07, 6.45) is 5.88. The van der Waals surface area contributed by atoms with E-state index in [2.05, 4.69) is 15.3 Å². The predicted molar refractivity (Wildman–Crippen MR) is 95.0 cm³/mol. The fourth-order valence-electron chi connectivity index (χ4n) is 2.56. The number of rotatable bonds is 4. The Kier molecular flexibility index (Phi) is 4.50. The lowest BCUT2D eigenvalue weighted by Gasteiger charge is -2.10. The summed E-state index contributed by atoms with van der Waals surface area (Å²) in [7, 11) is -3.44. The fourth-order valence-corrected chi connectivity index (χ4v) is 3.45. The molecule has 128 valence electrons. The maximum Gasteiger partial charge on any atom is 0.251 e. The molecule has 6 nitrogen and oxygen atoms in total. The van der Waals surface area contributed by atoms with Gasteiger partial charge in [0.2, 0.25) is 0 Å². The third-order valence-corrected chi connectivity index (χ3v) is 4.85. The summed E-state index contributed by atoms with van der Waals surface area (Å²) < 4.78 is 24.2. The molecule has 3 rings (SSSR count). The van der Waals surface area contributed by atoms with Gasteiger partial charge in [-0.2, -0.15) is 0 Å². The van der Waals surface area contributed by atoms with Gasteiger partial charge in [-0.3, -0.25) is 14.8 Å². The van der Waals surface area contributed by atoms with Gasteiger partial charge in [-0.1, -0.05) is 0 Å². The van der Waals surface area contributed by atoms with Gasteiger partial charge in [0.15, 0.2) is 9.84 Å². The number of aryl methyl sites for hydroxylation is 1. The van der Waals surface area contributed by atoms with E-state index in [0.717, 1.165) is 17.2 Å². The van der Waals surface area contributed by atoms with Crippen molar-refractivity contribution < 1.29 is 13.2 Å². The molecule has 0 aliphatic rings. The number of benzene rings is 1. The highest BCUT2D eigenvalue weighted by molar-refractivity contribution is 7.91. The van der Waals surface area contributed by atoms with Crippen molar-refractivity contribution in [2.75, 3.05) is 6.26 Å². The first-order valence-electron chi connectivity index (χ1n) is 7.62. The van der Waals surface area contributed by atoms with E-state index in [1.165, 1.54) is 0 Å². The number of carbonyl (C=O) groups excluding carboxylic acids is 1. The second-order valence-corrected chi connectivity index (χ2v) is 7.85. The Morgan fingerprint density at radius 1 is 1.16 bits per heavy atom. The van der Waals surface area contributed by atoms with Crippen LogP contribution in [0.15, 0.2) is 53.8 Å².